The molecule has 1 amide bonds. The maximum Gasteiger partial charge on any atom is 0.340 e. The maximum absolute atomic E-state index is 12.5. The van der Waals surface area contributed by atoms with E-state index < -0.39 is 5.97 Å². The van der Waals surface area contributed by atoms with Gasteiger partial charge in [-0.15, -0.1) is 21.5 Å². The van der Waals surface area contributed by atoms with E-state index in [1.54, 1.807) is 6.07 Å². The second kappa shape index (κ2) is 9.23. The fourth-order valence-corrected chi connectivity index (χ4v) is 4.47. The number of carbonyl (C=O) groups is 2. The molecule has 0 spiro atoms. The van der Waals surface area contributed by atoms with Crippen molar-refractivity contribution in [3.05, 3.63) is 46.3 Å². The van der Waals surface area contributed by atoms with Crippen LogP contribution >= 0.6 is 23.1 Å². The Morgan fingerprint density at radius 1 is 1.28 bits per heavy atom. The summed E-state index contributed by atoms with van der Waals surface area (Å²) in [4.78, 5) is 25.4. The summed E-state index contributed by atoms with van der Waals surface area (Å²) < 4.78 is 6.68. The highest BCUT2D eigenvalue weighted by Crippen LogP contribution is 2.30. The third kappa shape index (κ3) is 4.68. The molecule has 0 aliphatic heterocycles. The smallest absolute Gasteiger partial charge is 0.340 e. The molecule has 29 heavy (non-hydrogen) atoms. The zero-order valence-electron chi connectivity index (χ0n) is 16.7. The monoisotopic (exact) mass is 430 g/mol. The number of nitrogens with one attached hydrogen (secondary N) is 1. The Morgan fingerprint density at radius 3 is 2.72 bits per heavy atom. The summed E-state index contributed by atoms with van der Waals surface area (Å²) in [5.74, 6) is 0.231. The van der Waals surface area contributed by atoms with E-state index in [1.165, 1.54) is 30.2 Å². The van der Waals surface area contributed by atoms with Crippen molar-refractivity contribution >= 4 is 40.0 Å². The van der Waals surface area contributed by atoms with Crippen molar-refractivity contribution in [3.8, 4) is 11.4 Å². The molecule has 7 nitrogen and oxygen atoms in total. The molecule has 3 aromatic rings. The zero-order valence-corrected chi connectivity index (χ0v) is 18.3. The van der Waals surface area contributed by atoms with E-state index in [9.17, 15) is 9.59 Å². The number of thiophene rings is 1. The van der Waals surface area contributed by atoms with E-state index in [0.717, 1.165) is 28.2 Å². The predicted molar refractivity (Wildman–Crippen MR) is 116 cm³/mol. The lowest BCUT2D eigenvalue weighted by Gasteiger charge is -2.07. The van der Waals surface area contributed by atoms with Crippen LogP contribution in [-0.2, 0) is 23.0 Å². The number of rotatable bonds is 7. The summed E-state index contributed by atoms with van der Waals surface area (Å²) in [6, 6.07) is 9.72. The van der Waals surface area contributed by atoms with Crippen LogP contribution in [0.5, 0.6) is 0 Å². The number of benzene rings is 1. The molecule has 9 heteroatoms. The Morgan fingerprint density at radius 2 is 2.03 bits per heavy atom. The number of hydrogen-bond donors (Lipinski definition) is 1. The molecule has 2 heterocycles. The fraction of sp³-hybridized carbons (Fsp3) is 0.300. The van der Waals surface area contributed by atoms with E-state index in [2.05, 4.69) is 15.5 Å². The summed E-state index contributed by atoms with van der Waals surface area (Å²) >= 11 is 2.68. The van der Waals surface area contributed by atoms with Crippen molar-refractivity contribution in [1.82, 2.24) is 14.8 Å². The van der Waals surface area contributed by atoms with Crippen LogP contribution in [0, 0.1) is 6.92 Å². The van der Waals surface area contributed by atoms with Crippen LogP contribution in [0.1, 0.15) is 27.7 Å². The van der Waals surface area contributed by atoms with E-state index in [0.29, 0.717) is 15.7 Å². The van der Waals surface area contributed by atoms with Crippen molar-refractivity contribution in [3.63, 3.8) is 0 Å². The largest absolute Gasteiger partial charge is 0.465 e. The number of aromatic nitrogens is 3. The molecule has 2 aromatic heterocycles. The molecule has 152 valence electrons. The number of ether oxygens (including phenoxy) is 1. The summed E-state index contributed by atoms with van der Waals surface area (Å²) in [6.07, 6.45) is 0.778. The normalized spacial score (nSPS) is 10.8. The van der Waals surface area contributed by atoms with Crippen LogP contribution in [0.15, 0.2) is 35.5 Å². The van der Waals surface area contributed by atoms with Crippen LogP contribution in [0.3, 0.4) is 0 Å². The highest BCUT2D eigenvalue weighted by Gasteiger charge is 2.19. The number of nitrogens with zero attached hydrogens (tertiary/aromatic N) is 3. The molecule has 1 N–H and O–H groups in total. The highest BCUT2D eigenvalue weighted by molar-refractivity contribution is 7.99. The third-order valence-corrected chi connectivity index (χ3v) is 6.56. The average Bonchev–Trinajstić information content (AvgIpc) is 3.29. The Hall–Kier alpha value is -2.65. The molecule has 0 fully saturated rings. The molecule has 0 bridgehead atoms. The number of hydrogen-bond acceptors (Lipinski definition) is 7. The summed E-state index contributed by atoms with van der Waals surface area (Å²) in [5, 5.41) is 12.5. The minimum Gasteiger partial charge on any atom is -0.465 e. The number of amides is 1. The standard InChI is InChI=1S/C20H22N4O3S2/c1-5-13-10-15(19(26)27-4)18(29-13)21-16(25)11-28-20-23-22-17(24(20)3)14-9-7-6-8-12(14)2/h6-10H,5,11H2,1-4H3,(H,21,25). The number of anilines is 1. The minimum atomic E-state index is -0.458. The first-order chi connectivity index (χ1) is 13.9. The van der Waals surface area contributed by atoms with Gasteiger partial charge in [-0.2, -0.15) is 0 Å². The van der Waals surface area contributed by atoms with Gasteiger partial charge in [0, 0.05) is 17.5 Å². The fourth-order valence-electron chi connectivity index (χ4n) is 2.76. The van der Waals surface area contributed by atoms with Crippen molar-refractivity contribution in [2.24, 2.45) is 7.05 Å². The minimum absolute atomic E-state index is 0.152. The molecule has 3 rings (SSSR count). The SMILES string of the molecule is CCc1cc(C(=O)OC)c(NC(=O)CSc2nnc(-c3ccccc3C)n2C)s1. The van der Waals surface area contributed by atoms with E-state index in [-0.39, 0.29) is 11.7 Å². The summed E-state index contributed by atoms with van der Waals surface area (Å²) in [7, 11) is 3.21. The quantitative estimate of drug-likeness (QED) is 0.451. The van der Waals surface area contributed by atoms with Gasteiger partial charge in [0.2, 0.25) is 5.91 Å². The number of methoxy groups -OCH3 is 1. The van der Waals surface area contributed by atoms with Gasteiger partial charge in [0.25, 0.3) is 0 Å². The van der Waals surface area contributed by atoms with Crippen LogP contribution in [0.25, 0.3) is 11.4 Å². The Labute approximate surface area is 177 Å². The molecular formula is C20H22N4O3S2. The van der Waals surface area contributed by atoms with Crippen molar-refractivity contribution in [1.29, 1.82) is 0 Å². The second-order valence-corrected chi connectivity index (χ2v) is 8.40. The maximum atomic E-state index is 12.5. The molecule has 1 aromatic carbocycles. The number of esters is 1. The van der Waals surface area contributed by atoms with Gasteiger partial charge in [0.05, 0.1) is 18.4 Å². The van der Waals surface area contributed by atoms with Crippen LogP contribution < -0.4 is 5.32 Å². The van der Waals surface area contributed by atoms with Gasteiger partial charge in [0.1, 0.15) is 5.00 Å². The van der Waals surface area contributed by atoms with Gasteiger partial charge in [-0.3, -0.25) is 4.79 Å². The summed E-state index contributed by atoms with van der Waals surface area (Å²) in [5.41, 5.74) is 2.50. The summed E-state index contributed by atoms with van der Waals surface area (Å²) in [6.45, 7) is 4.02. The average molecular weight is 431 g/mol. The third-order valence-electron chi connectivity index (χ3n) is 4.34. The Kier molecular flexibility index (Phi) is 6.71. The molecule has 0 aliphatic rings. The van der Waals surface area contributed by atoms with E-state index in [4.69, 9.17) is 4.74 Å². The molecular weight excluding hydrogens is 408 g/mol. The number of aryl methyl sites for hydroxylation is 2. The van der Waals surface area contributed by atoms with Gasteiger partial charge in [-0.25, -0.2) is 4.79 Å². The second-order valence-electron chi connectivity index (χ2n) is 6.32. The lowest BCUT2D eigenvalue weighted by Crippen LogP contribution is -2.16. The highest BCUT2D eigenvalue weighted by atomic mass is 32.2. The molecule has 0 saturated carbocycles. The van der Waals surface area contributed by atoms with Gasteiger partial charge in [-0.1, -0.05) is 43.0 Å². The molecule has 0 unspecified atom stereocenters. The van der Waals surface area contributed by atoms with Crippen LogP contribution in [0.2, 0.25) is 0 Å². The van der Waals surface area contributed by atoms with Crippen molar-refractivity contribution < 1.29 is 14.3 Å². The number of thioether (sulfide) groups is 1. The molecule has 0 saturated heterocycles. The molecule has 0 atom stereocenters. The Balaban J connectivity index is 1.69. The topological polar surface area (TPSA) is 86.1 Å². The van der Waals surface area contributed by atoms with E-state index in [1.807, 2.05) is 49.7 Å². The van der Waals surface area contributed by atoms with Crippen LogP contribution in [-0.4, -0.2) is 39.5 Å². The molecule has 0 radical (unpaired) electrons. The van der Waals surface area contributed by atoms with Gasteiger partial charge in [0.15, 0.2) is 11.0 Å². The van der Waals surface area contributed by atoms with Gasteiger partial charge < -0.3 is 14.6 Å². The van der Waals surface area contributed by atoms with Crippen molar-refractivity contribution in [2.75, 3.05) is 18.2 Å². The van der Waals surface area contributed by atoms with Gasteiger partial charge in [-0.05, 0) is 25.0 Å². The lowest BCUT2D eigenvalue weighted by molar-refractivity contribution is -0.113. The first kappa shape index (κ1) is 21.1. The lowest BCUT2D eigenvalue weighted by atomic mass is 10.1. The predicted octanol–water partition coefficient (Wildman–Crippen LogP) is 3.93. The Bertz CT molecular complexity index is 1040. The number of carbonyl (C=O) groups excluding carboxylic acids is 2. The zero-order chi connectivity index (χ0) is 21.0. The van der Waals surface area contributed by atoms with Crippen LogP contribution in [0.4, 0.5) is 5.00 Å². The van der Waals surface area contributed by atoms with Crippen molar-refractivity contribution in [2.45, 2.75) is 25.4 Å². The molecule has 0 aliphatic carbocycles. The first-order valence-electron chi connectivity index (χ1n) is 9.03. The van der Waals surface area contributed by atoms with Gasteiger partial charge >= 0.3 is 5.97 Å². The van der Waals surface area contributed by atoms with E-state index >= 15 is 0 Å². The first-order valence-corrected chi connectivity index (χ1v) is 10.8.